The van der Waals surface area contributed by atoms with Crippen LogP contribution in [0, 0.1) is 0 Å². The number of amides is 1. The van der Waals surface area contributed by atoms with E-state index >= 15 is 0 Å². The van der Waals surface area contributed by atoms with Crippen molar-refractivity contribution in [3.8, 4) is 5.75 Å². The van der Waals surface area contributed by atoms with Gasteiger partial charge in [0.2, 0.25) is 15.9 Å². The van der Waals surface area contributed by atoms with Gasteiger partial charge in [-0.1, -0.05) is 0 Å². The normalized spacial score (nSPS) is 20.9. The fourth-order valence-corrected chi connectivity index (χ4v) is 4.37. The van der Waals surface area contributed by atoms with Gasteiger partial charge in [0, 0.05) is 32.2 Å². The largest absolute Gasteiger partial charge is 0.497 e. The standard InChI is InChI=1S/C17H25N3O4S/c1-13(17(21)18-14-3-4-14)19-9-11-20(12-10-19)25(22,23)16-7-5-15(24-2)6-8-16/h5-8,13-14H,3-4,9-12H2,1-2H3,(H,18,21)/t13-/m0/s1. The summed E-state index contributed by atoms with van der Waals surface area (Å²) < 4.78 is 32.0. The molecule has 1 aliphatic carbocycles. The Labute approximate surface area is 149 Å². The highest BCUT2D eigenvalue weighted by molar-refractivity contribution is 7.89. The molecule has 7 nitrogen and oxygen atoms in total. The minimum Gasteiger partial charge on any atom is -0.497 e. The first-order valence-electron chi connectivity index (χ1n) is 8.60. The van der Waals surface area contributed by atoms with Crippen LogP contribution in [-0.4, -0.2) is 68.9 Å². The third-order valence-electron chi connectivity index (χ3n) is 4.82. The van der Waals surface area contributed by atoms with E-state index in [0.717, 1.165) is 12.8 Å². The summed E-state index contributed by atoms with van der Waals surface area (Å²) in [7, 11) is -1.97. The number of nitrogens with one attached hydrogen (secondary N) is 1. The van der Waals surface area contributed by atoms with Crippen LogP contribution < -0.4 is 10.1 Å². The maximum Gasteiger partial charge on any atom is 0.243 e. The lowest BCUT2D eigenvalue weighted by Crippen LogP contribution is -2.55. The Balaban J connectivity index is 1.59. The summed E-state index contributed by atoms with van der Waals surface area (Å²) in [5.41, 5.74) is 0. The summed E-state index contributed by atoms with van der Waals surface area (Å²) >= 11 is 0. The monoisotopic (exact) mass is 367 g/mol. The number of carbonyl (C=O) groups excluding carboxylic acids is 1. The molecule has 1 atom stereocenters. The van der Waals surface area contributed by atoms with Crippen molar-refractivity contribution in [2.45, 2.75) is 36.7 Å². The maximum absolute atomic E-state index is 12.7. The number of ether oxygens (including phenoxy) is 1. The van der Waals surface area contributed by atoms with Crippen LogP contribution in [0.4, 0.5) is 0 Å². The first-order valence-corrected chi connectivity index (χ1v) is 10.0. The number of carbonyl (C=O) groups is 1. The van der Waals surface area contributed by atoms with Crippen molar-refractivity contribution in [3.63, 3.8) is 0 Å². The Morgan fingerprint density at radius 2 is 1.76 bits per heavy atom. The van der Waals surface area contributed by atoms with Gasteiger partial charge >= 0.3 is 0 Å². The molecule has 1 saturated carbocycles. The Bertz CT molecular complexity index is 708. The van der Waals surface area contributed by atoms with E-state index in [4.69, 9.17) is 4.74 Å². The summed E-state index contributed by atoms with van der Waals surface area (Å²) in [6, 6.07) is 6.53. The van der Waals surface area contributed by atoms with Crippen molar-refractivity contribution < 1.29 is 17.9 Å². The average molecular weight is 367 g/mol. The Morgan fingerprint density at radius 1 is 1.16 bits per heavy atom. The van der Waals surface area contributed by atoms with Crippen molar-refractivity contribution in [2.75, 3.05) is 33.3 Å². The van der Waals surface area contributed by atoms with Crippen LogP contribution in [0.2, 0.25) is 0 Å². The number of benzene rings is 1. The fraction of sp³-hybridized carbons (Fsp3) is 0.588. The Hall–Kier alpha value is -1.64. The van der Waals surface area contributed by atoms with Gasteiger partial charge < -0.3 is 10.1 Å². The highest BCUT2D eigenvalue weighted by atomic mass is 32.2. The number of piperazine rings is 1. The summed E-state index contributed by atoms with van der Waals surface area (Å²) in [6.45, 7) is 3.75. The zero-order chi connectivity index (χ0) is 18.0. The molecule has 3 rings (SSSR count). The van der Waals surface area contributed by atoms with Crippen LogP contribution in [0.25, 0.3) is 0 Å². The van der Waals surface area contributed by atoms with E-state index < -0.39 is 10.0 Å². The first-order chi connectivity index (χ1) is 11.9. The molecule has 0 spiro atoms. The third-order valence-corrected chi connectivity index (χ3v) is 6.73. The summed E-state index contributed by atoms with van der Waals surface area (Å²) in [5.74, 6) is 0.660. The molecule has 0 unspecified atom stereocenters. The van der Waals surface area contributed by atoms with E-state index in [1.807, 2.05) is 11.8 Å². The molecule has 0 bridgehead atoms. The van der Waals surface area contributed by atoms with Gasteiger partial charge in [-0.25, -0.2) is 8.42 Å². The molecule has 1 aromatic rings. The highest BCUT2D eigenvalue weighted by Gasteiger charge is 2.33. The van der Waals surface area contributed by atoms with Crippen molar-refractivity contribution in [3.05, 3.63) is 24.3 Å². The molecule has 1 aromatic carbocycles. The molecule has 2 fully saturated rings. The molecule has 1 amide bonds. The molecule has 138 valence electrons. The second-order valence-corrected chi connectivity index (χ2v) is 8.51. The number of methoxy groups -OCH3 is 1. The lowest BCUT2D eigenvalue weighted by molar-refractivity contribution is -0.126. The van der Waals surface area contributed by atoms with Crippen LogP contribution in [0.1, 0.15) is 19.8 Å². The van der Waals surface area contributed by atoms with Gasteiger partial charge in [-0.3, -0.25) is 9.69 Å². The molecular formula is C17H25N3O4S. The predicted octanol–water partition coefficient (Wildman–Crippen LogP) is 0.669. The van der Waals surface area contributed by atoms with Crippen LogP contribution in [0.15, 0.2) is 29.2 Å². The Morgan fingerprint density at radius 3 is 2.28 bits per heavy atom. The highest BCUT2D eigenvalue weighted by Crippen LogP contribution is 2.22. The van der Waals surface area contributed by atoms with Gasteiger partial charge in [-0.2, -0.15) is 4.31 Å². The minimum atomic E-state index is -3.51. The minimum absolute atomic E-state index is 0.0361. The number of sulfonamides is 1. The van der Waals surface area contributed by atoms with Gasteiger partial charge in [0.1, 0.15) is 5.75 Å². The zero-order valence-corrected chi connectivity index (χ0v) is 15.5. The van der Waals surface area contributed by atoms with E-state index in [-0.39, 0.29) is 16.8 Å². The second-order valence-electron chi connectivity index (χ2n) is 6.57. The number of hydrogen-bond acceptors (Lipinski definition) is 5. The molecule has 2 aliphatic rings. The molecule has 8 heteroatoms. The zero-order valence-electron chi connectivity index (χ0n) is 14.6. The lowest BCUT2D eigenvalue weighted by atomic mass is 10.2. The lowest BCUT2D eigenvalue weighted by Gasteiger charge is -2.36. The van der Waals surface area contributed by atoms with Gasteiger partial charge in [0.25, 0.3) is 0 Å². The number of nitrogens with zero attached hydrogens (tertiary/aromatic N) is 2. The van der Waals surface area contributed by atoms with E-state index in [1.165, 1.54) is 4.31 Å². The van der Waals surface area contributed by atoms with Crippen LogP contribution >= 0.6 is 0 Å². The third kappa shape index (κ3) is 4.13. The molecular weight excluding hydrogens is 342 g/mol. The Kier molecular flexibility index (Phi) is 5.31. The molecule has 0 aromatic heterocycles. The predicted molar refractivity (Wildman–Crippen MR) is 94.0 cm³/mol. The summed E-state index contributed by atoms with van der Waals surface area (Å²) in [6.07, 6.45) is 2.12. The molecule has 1 N–H and O–H groups in total. The summed E-state index contributed by atoms with van der Waals surface area (Å²) in [4.78, 5) is 14.5. The second kappa shape index (κ2) is 7.31. The topological polar surface area (TPSA) is 79.0 Å². The maximum atomic E-state index is 12.7. The van der Waals surface area contributed by atoms with Crippen molar-refractivity contribution in [2.24, 2.45) is 0 Å². The molecule has 1 heterocycles. The van der Waals surface area contributed by atoms with Crippen molar-refractivity contribution in [1.82, 2.24) is 14.5 Å². The molecule has 1 aliphatic heterocycles. The smallest absolute Gasteiger partial charge is 0.243 e. The van der Waals surface area contributed by atoms with Gasteiger partial charge in [-0.05, 0) is 44.0 Å². The molecule has 1 saturated heterocycles. The van der Waals surface area contributed by atoms with E-state index in [0.29, 0.717) is 38.0 Å². The van der Waals surface area contributed by atoms with Gasteiger partial charge in [-0.15, -0.1) is 0 Å². The molecule has 25 heavy (non-hydrogen) atoms. The van der Waals surface area contributed by atoms with Gasteiger partial charge in [0.05, 0.1) is 18.0 Å². The van der Waals surface area contributed by atoms with Gasteiger partial charge in [0.15, 0.2) is 0 Å². The van der Waals surface area contributed by atoms with E-state index in [9.17, 15) is 13.2 Å². The number of hydrogen-bond donors (Lipinski definition) is 1. The fourth-order valence-electron chi connectivity index (χ4n) is 2.94. The number of rotatable bonds is 6. The van der Waals surface area contributed by atoms with Crippen LogP contribution in [-0.2, 0) is 14.8 Å². The van der Waals surface area contributed by atoms with E-state index in [1.54, 1.807) is 31.4 Å². The first kappa shape index (κ1) is 18.2. The SMILES string of the molecule is COc1ccc(S(=O)(=O)N2CCN([C@@H](C)C(=O)NC3CC3)CC2)cc1. The van der Waals surface area contributed by atoms with Crippen molar-refractivity contribution >= 4 is 15.9 Å². The van der Waals surface area contributed by atoms with Crippen molar-refractivity contribution in [1.29, 1.82) is 0 Å². The summed E-state index contributed by atoms with van der Waals surface area (Å²) in [5, 5.41) is 3.00. The van der Waals surface area contributed by atoms with Crippen LogP contribution in [0.5, 0.6) is 5.75 Å². The molecule has 0 radical (unpaired) electrons. The van der Waals surface area contributed by atoms with Crippen LogP contribution in [0.3, 0.4) is 0 Å². The quantitative estimate of drug-likeness (QED) is 0.799. The average Bonchev–Trinajstić information content (AvgIpc) is 3.45. The van der Waals surface area contributed by atoms with E-state index in [2.05, 4.69) is 5.32 Å².